The van der Waals surface area contributed by atoms with E-state index in [2.05, 4.69) is 15.1 Å². The van der Waals surface area contributed by atoms with Crippen LogP contribution in [0.5, 0.6) is 0 Å². The maximum atomic E-state index is 13.1. The third kappa shape index (κ3) is 3.88. The van der Waals surface area contributed by atoms with Crippen molar-refractivity contribution >= 4 is 16.9 Å². The molecule has 30 heavy (non-hydrogen) atoms. The Hall–Kier alpha value is -3.69. The second-order valence-corrected chi connectivity index (χ2v) is 6.47. The molecule has 4 rings (SSSR count). The number of nitrogens with zero attached hydrogens (tertiary/aromatic N) is 5. The van der Waals surface area contributed by atoms with Gasteiger partial charge in [-0.05, 0) is 30.7 Å². The van der Waals surface area contributed by atoms with Gasteiger partial charge in [0, 0.05) is 17.8 Å². The zero-order chi connectivity index (χ0) is 21.3. The van der Waals surface area contributed by atoms with E-state index in [0.717, 1.165) is 17.7 Å². The van der Waals surface area contributed by atoms with Gasteiger partial charge in [0.05, 0.1) is 42.7 Å². The van der Waals surface area contributed by atoms with E-state index < -0.39 is 11.7 Å². The molecule has 0 saturated heterocycles. The number of esters is 1. The molecule has 0 spiro atoms. The van der Waals surface area contributed by atoms with Crippen LogP contribution in [-0.2, 0) is 22.1 Å². The van der Waals surface area contributed by atoms with Crippen LogP contribution in [0.4, 0.5) is 13.2 Å². The molecular weight excluding hydrogens is 399 g/mol. The number of alkyl halides is 3. The molecule has 7 nitrogen and oxygen atoms in total. The van der Waals surface area contributed by atoms with Gasteiger partial charge in [0.15, 0.2) is 11.6 Å². The summed E-state index contributed by atoms with van der Waals surface area (Å²) >= 11 is 0. The van der Waals surface area contributed by atoms with Crippen molar-refractivity contribution in [2.24, 2.45) is 0 Å². The van der Waals surface area contributed by atoms with Crippen LogP contribution in [0, 0.1) is 0 Å². The lowest BCUT2D eigenvalue weighted by atomic mass is 10.1. The summed E-state index contributed by atoms with van der Waals surface area (Å²) in [6, 6.07) is 5.17. The van der Waals surface area contributed by atoms with E-state index in [0.29, 0.717) is 17.8 Å². The van der Waals surface area contributed by atoms with E-state index in [1.807, 2.05) is 0 Å². The molecular formula is C20H16F3N5O2. The number of rotatable bonds is 5. The summed E-state index contributed by atoms with van der Waals surface area (Å²) in [6.07, 6.45) is 3.48. The minimum atomic E-state index is -4.46. The van der Waals surface area contributed by atoms with E-state index in [1.54, 1.807) is 30.0 Å². The summed E-state index contributed by atoms with van der Waals surface area (Å²) in [4.78, 5) is 20.2. The lowest BCUT2D eigenvalue weighted by molar-refractivity contribution is -0.142. The molecule has 154 valence electrons. The van der Waals surface area contributed by atoms with Gasteiger partial charge in [-0.3, -0.25) is 9.78 Å². The van der Waals surface area contributed by atoms with Gasteiger partial charge < -0.3 is 9.30 Å². The normalized spacial score (nSPS) is 11.7. The molecule has 0 N–H and O–H groups in total. The third-order valence-corrected chi connectivity index (χ3v) is 4.40. The van der Waals surface area contributed by atoms with E-state index in [-0.39, 0.29) is 23.7 Å². The van der Waals surface area contributed by atoms with Gasteiger partial charge in [-0.15, -0.1) is 0 Å². The number of aromatic nitrogens is 5. The molecule has 0 aliphatic heterocycles. The smallest absolute Gasteiger partial charge is 0.416 e. The molecule has 0 fully saturated rings. The summed E-state index contributed by atoms with van der Waals surface area (Å²) in [5.74, 6) is 0.360. The number of ether oxygens (including phenoxy) is 1. The highest BCUT2D eigenvalue weighted by Gasteiger charge is 2.31. The predicted octanol–water partition coefficient (Wildman–Crippen LogP) is 3.73. The summed E-state index contributed by atoms with van der Waals surface area (Å²) in [5, 5.41) is 4.71. The predicted molar refractivity (Wildman–Crippen MR) is 101 cm³/mol. The Balaban J connectivity index is 1.68. The Bertz CT molecular complexity index is 1210. The fourth-order valence-electron chi connectivity index (χ4n) is 3.02. The SMILES string of the molecule is CCOC(=O)Cc1ccn(-c2cncc(-n3ncc4ccc(C(F)(F)F)cc43)n2)c1. The van der Waals surface area contributed by atoms with E-state index in [1.165, 1.54) is 29.3 Å². The number of fused-ring (bicyclic) bond motifs is 1. The topological polar surface area (TPSA) is 74.8 Å². The first-order chi connectivity index (χ1) is 14.3. The zero-order valence-corrected chi connectivity index (χ0v) is 15.8. The Labute approximate surface area is 168 Å². The molecule has 0 aliphatic rings. The lowest BCUT2D eigenvalue weighted by Crippen LogP contribution is -2.07. The molecule has 4 aromatic rings. The van der Waals surface area contributed by atoms with Crippen LogP contribution >= 0.6 is 0 Å². The van der Waals surface area contributed by atoms with Crippen LogP contribution in [0.15, 0.2) is 55.2 Å². The number of halogens is 3. The van der Waals surface area contributed by atoms with E-state index in [4.69, 9.17) is 4.74 Å². The van der Waals surface area contributed by atoms with Crippen molar-refractivity contribution in [3.63, 3.8) is 0 Å². The highest BCUT2D eigenvalue weighted by atomic mass is 19.4. The molecule has 0 bridgehead atoms. The van der Waals surface area contributed by atoms with Gasteiger partial charge in [0.2, 0.25) is 0 Å². The van der Waals surface area contributed by atoms with Crippen LogP contribution in [0.3, 0.4) is 0 Å². The van der Waals surface area contributed by atoms with Crippen molar-refractivity contribution in [1.82, 2.24) is 24.3 Å². The van der Waals surface area contributed by atoms with Gasteiger partial charge in [-0.25, -0.2) is 9.67 Å². The maximum Gasteiger partial charge on any atom is 0.416 e. The van der Waals surface area contributed by atoms with Crippen molar-refractivity contribution in [3.8, 4) is 11.6 Å². The van der Waals surface area contributed by atoms with Crippen LogP contribution in [0.1, 0.15) is 18.1 Å². The molecule has 0 amide bonds. The largest absolute Gasteiger partial charge is 0.466 e. The summed E-state index contributed by atoms with van der Waals surface area (Å²) in [6.45, 7) is 2.04. The molecule has 0 saturated carbocycles. The number of hydrogen-bond acceptors (Lipinski definition) is 5. The number of benzene rings is 1. The maximum absolute atomic E-state index is 13.1. The number of carbonyl (C=O) groups excluding carboxylic acids is 1. The van der Waals surface area contributed by atoms with Gasteiger partial charge in [0.1, 0.15) is 0 Å². The van der Waals surface area contributed by atoms with Crippen molar-refractivity contribution in [2.45, 2.75) is 19.5 Å². The van der Waals surface area contributed by atoms with Gasteiger partial charge in [0.25, 0.3) is 0 Å². The first-order valence-corrected chi connectivity index (χ1v) is 9.05. The van der Waals surface area contributed by atoms with Crippen LogP contribution in [0.25, 0.3) is 22.5 Å². The highest BCUT2D eigenvalue weighted by molar-refractivity contribution is 5.80. The first kappa shape index (κ1) is 19.6. The fourth-order valence-corrected chi connectivity index (χ4v) is 3.02. The van der Waals surface area contributed by atoms with Gasteiger partial charge >= 0.3 is 12.1 Å². The number of hydrogen-bond donors (Lipinski definition) is 0. The molecule has 3 aromatic heterocycles. The fraction of sp³-hybridized carbons (Fsp3) is 0.200. The van der Waals surface area contributed by atoms with Gasteiger partial charge in [-0.1, -0.05) is 6.07 Å². The standard InChI is InChI=1S/C20H16F3N5O2/c1-2-30-19(29)7-13-5-6-27(12-13)17-10-24-11-18(26-17)28-16-8-15(20(21,22)23)4-3-14(16)9-25-28/h3-6,8-12H,2,7H2,1H3. The van der Waals surface area contributed by atoms with Crippen molar-refractivity contribution in [3.05, 3.63) is 66.4 Å². The molecule has 10 heteroatoms. The molecule has 0 radical (unpaired) electrons. The lowest BCUT2D eigenvalue weighted by Gasteiger charge is -2.08. The minimum Gasteiger partial charge on any atom is -0.466 e. The van der Waals surface area contributed by atoms with Crippen LogP contribution < -0.4 is 0 Å². The zero-order valence-electron chi connectivity index (χ0n) is 15.8. The summed E-state index contributed by atoms with van der Waals surface area (Å²) < 4.78 is 47.2. The summed E-state index contributed by atoms with van der Waals surface area (Å²) in [5.41, 5.74) is 0.238. The Morgan fingerprint density at radius 3 is 2.70 bits per heavy atom. The molecule has 0 atom stereocenters. The van der Waals surface area contributed by atoms with Gasteiger partial charge in [-0.2, -0.15) is 18.3 Å². The molecule has 0 unspecified atom stereocenters. The minimum absolute atomic E-state index is 0.123. The molecule has 0 aliphatic carbocycles. The van der Waals surface area contributed by atoms with Crippen molar-refractivity contribution in [1.29, 1.82) is 0 Å². The van der Waals surface area contributed by atoms with Crippen LogP contribution in [0.2, 0.25) is 0 Å². The second-order valence-electron chi connectivity index (χ2n) is 6.47. The average Bonchev–Trinajstić information content (AvgIpc) is 3.34. The average molecular weight is 415 g/mol. The second kappa shape index (κ2) is 7.62. The van der Waals surface area contributed by atoms with Crippen molar-refractivity contribution < 1.29 is 22.7 Å². The third-order valence-electron chi connectivity index (χ3n) is 4.40. The Morgan fingerprint density at radius 2 is 1.93 bits per heavy atom. The first-order valence-electron chi connectivity index (χ1n) is 9.05. The highest BCUT2D eigenvalue weighted by Crippen LogP contribution is 2.31. The Morgan fingerprint density at radius 1 is 1.13 bits per heavy atom. The van der Waals surface area contributed by atoms with Crippen molar-refractivity contribution in [2.75, 3.05) is 6.61 Å². The molecule has 1 aromatic carbocycles. The van der Waals surface area contributed by atoms with Crippen LogP contribution in [-0.4, -0.2) is 36.9 Å². The molecule has 3 heterocycles. The van der Waals surface area contributed by atoms with E-state index in [9.17, 15) is 18.0 Å². The Kier molecular flexibility index (Phi) is 4.98. The summed E-state index contributed by atoms with van der Waals surface area (Å²) in [7, 11) is 0. The van der Waals surface area contributed by atoms with E-state index >= 15 is 0 Å². The monoisotopic (exact) mass is 415 g/mol. The number of carbonyl (C=O) groups is 1. The quantitative estimate of drug-likeness (QED) is 0.465.